The van der Waals surface area contributed by atoms with Gasteiger partial charge in [0, 0.05) is 43.1 Å². The predicted molar refractivity (Wildman–Crippen MR) is 158 cm³/mol. The zero-order chi connectivity index (χ0) is 30.8. The first-order valence-electron chi connectivity index (χ1n) is 13.9. The lowest BCUT2D eigenvalue weighted by atomic mass is 10.0. The van der Waals surface area contributed by atoms with Gasteiger partial charge in [0.15, 0.2) is 0 Å². The summed E-state index contributed by atoms with van der Waals surface area (Å²) in [6.07, 6.45) is 2.98. The fraction of sp³-hybridized carbons (Fsp3) is 0.367. The number of carbonyl (C=O) groups is 3. The average Bonchev–Trinajstić information content (AvgIpc) is 3.17. The van der Waals surface area contributed by atoms with Crippen LogP contribution in [0.15, 0.2) is 58.3 Å². The molecule has 3 heterocycles. The highest BCUT2D eigenvalue weighted by atomic mass is 35.5. The van der Waals surface area contributed by atoms with E-state index in [9.17, 15) is 28.4 Å². The molecule has 2 aliphatic heterocycles. The second-order valence-electron chi connectivity index (χ2n) is 10.6. The summed E-state index contributed by atoms with van der Waals surface area (Å²) in [5, 5.41) is 2.64. The van der Waals surface area contributed by atoms with Gasteiger partial charge >= 0.3 is 17.7 Å². The molecule has 0 spiro atoms. The van der Waals surface area contributed by atoms with Crippen LogP contribution in [-0.2, 0) is 27.3 Å². The van der Waals surface area contributed by atoms with Crippen LogP contribution in [0.2, 0.25) is 5.02 Å². The Morgan fingerprint density at radius 3 is 2.49 bits per heavy atom. The Balaban J connectivity index is 1.36. The Morgan fingerprint density at radius 2 is 1.77 bits per heavy atom. The van der Waals surface area contributed by atoms with Crippen LogP contribution in [0.5, 0.6) is 0 Å². The normalized spacial score (nSPS) is 16.2. The monoisotopic (exact) mass is 611 g/mol. The average molecular weight is 612 g/mol. The lowest BCUT2D eigenvalue weighted by Gasteiger charge is -2.38. The highest BCUT2D eigenvalue weighted by molar-refractivity contribution is 6.33. The molecule has 2 aliphatic rings. The molecule has 226 valence electrons. The summed E-state index contributed by atoms with van der Waals surface area (Å²) < 4.78 is 20.7. The van der Waals surface area contributed by atoms with E-state index in [1.807, 2.05) is 29.2 Å². The predicted octanol–water partition coefficient (Wildman–Crippen LogP) is 3.28. The minimum atomic E-state index is -1.32. The molecule has 1 atom stereocenters. The van der Waals surface area contributed by atoms with Gasteiger partial charge in [0.05, 0.1) is 17.7 Å². The van der Waals surface area contributed by atoms with Gasteiger partial charge < -0.3 is 19.9 Å². The summed E-state index contributed by atoms with van der Waals surface area (Å²) in [7, 11) is 1.12. The molecule has 0 aliphatic carbocycles. The summed E-state index contributed by atoms with van der Waals surface area (Å²) >= 11 is 6.16. The van der Waals surface area contributed by atoms with Gasteiger partial charge in [0.2, 0.25) is 5.91 Å². The van der Waals surface area contributed by atoms with Crippen molar-refractivity contribution in [2.45, 2.75) is 44.8 Å². The number of anilines is 1. The van der Waals surface area contributed by atoms with Gasteiger partial charge in [-0.3, -0.25) is 14.2 Å². The number of urea groups is 1. The third-order valence-electron chi connectivity index (χ3n) is 8.06. The minimum absolute atomic E-state index is 0.0115. The number of rotatable bonds is 6. The minimum Gasteiger partial charge on any atom is -0.467 e. The number of nitrogens with zero attached hydrogens (tertiary/aromatic N) is 4. The van der Waals surface area contributed by atoms with Crippen LogP contribution in [0, 0.1) is 5.82 Å². The second kappa shape index (κ2) is 12.4. The lowest BCUT2D eigenvalue weighted by Crippen LogP contribution is -2.51. The summed E-state index contributed by atoms with van der Waals surface area (Å²) in [5.41, 5.74) is -0.0501. The molecule has 1 unspecified atom stereocenters. The number of hydrogen-bond acceptors (Lipinski definition) is 6. The van der Waals surface area contributed by atoms with Crippen LogP contribution in [0.1, 0.15) is 31.4 Å². The third kappa shape index (κ3) is 5.92. The second-order valence-corrected chi connectivity index (χ2v) is 10.9. The van der Waals surface area contributed by atoms with E-state index in [4.69, 9.17) is 16.3 Å². The van der Waals surface area contributed by atoms with Crippen molar-refractivity contribution in [3.05, 3.63) is 85.9 Å². The van der Waals surface area contributed by atoms with Crippen LogP contribution in [0.4, 0.5) is 14.9 Å². The molecule has 43 heavy (non-hydrogen) atoms. The molecule has 3 aromatic rings. The molecule has 2 aromatic carbocycles. The largest absolute Gasteiger partial charge is 0.467 e. The van der Waals surface area contributed by atoms with E-state index in [2.05, 4.69) is 5.32 Å². The zero-order valence-electron chi connectivity index (χ0n) is 23.7. The number of ether oxygens (including phenoxy) is 1. The number of halogens is 2. The van der Waals surface area contributed by atoms with Gasteiger partial charge in [0.1, 0.15) is 18.4 Å². The van der Waals surface area contributed by atoms with Gasteiger partial charge in [-0.1, -0.05) is 41.9 Å². The first-order chi connectivity index (χ1) is 20.6. The molecule has 3 amide bonds. The number of hydrogen-bond donors (Lipinski definition) is 1. The van der Waals surface area contributed by atoms with Crippen molar-refractivity contribution >= 4 is 35.2 Å². The molecule has 1 aromatic heterocycles. The van der Waals surface area contributed by atoms with Crippen molar-refractivity contribution in [2.24, 2.45) is 0 Å². The number of methoxy groups -OCH3 is 1. The van der Waals surface area contributed by atoms with Crippen molar-refractivity contribution in [3.63, 3.8) is 0 Å². The van der Waals surface area contributed by atoms with E-state index in [0.29, 0.717) is 43.5 Å². The van der Waals surface area contributed by atoms with Crippen molar-refractivity contribution in [2.75, 3.05) is 32.1 Å². The number of piperidine rings is 1. The maximum absolute atomic E-state index is 14.3. The molecular formula is C30H31ClFN5O6. The molecular weight excluding hydrogens is 581 g/mol. The molecule has 1 fully saturated rings. The highest BCUT2D eigenvalue weighted by Gasteiger charge is 2.32. The van der Waals surface area contributed by atoms with Crippen LogP contribution >= 0.6 is 11.6 Å². The zero-order valence-corrected chi connectivity index (χ0v) is 24.5. The van der Waals surface area contributed by atoms with E-state index < -0.39 is 35.6 Å². The molecule has 5 rings (SSSR count). The van der Waals surface area contributed by atoms with E-state index in [-0.39, 0.29) is 34.1 Å². The van der Waals surface area contributed by atoms with Gasteiger partial charge in [-0.15, -0.1) is 0 Å². The number of nitrogens with one attached hydrogen (secondary N) is 1. The number of benzene rings is 2. The standard InChI is InChI=1S/C30H31ClFN5O6/c1-18(28(40)43-2)37-27(39)22(21-7-5-8-23(32)26(21)31)16-35(30(37)42)17-25(38)34-13-11-20(12-14-34)36-15-10-19-6-3-4-9-24(19)33-29(36)41/h3-9,16,18,20H,10-15,17H2,1-2H3,(H,33,41). The number of carbonyl (C=O) groups excluding carboxylic acids is 3. The van der Waals surface area contributed by atoms with Crippen molar-refractivity contribution in [3.8, 4) is 11.1 Å². The van der Waals surface area contributed by atoms with E-state index in [1.165, 1.54) is 19.1 Å². The number of aromatic nitrogens is 2. The van der Waals surface area contributed by atoms with E-state index in [0.717, 1.165) is 35.2 Å². The van der Waals surface area contributed by atoms with Crippen LogP contribution in [-0.4, -0.2) is 69.6 Å². The Hall–Kier alpha value is -4.45. The highest BCUT2D eigenvalue weighted by Crippen LogP contribution is 2.28. The summed E-state index contributed by atoms with van der Waals surface area (Å²) in [6.45, 7) is 2.16. The molecule has 0 bridgehead atoms. The maximum Gasteiger partial charge on any atom is 0.332 e. The fourth-order valence-corrected chi connectivity index (χ4v) is 5.89. The molecule has 1 saturated heterocycles. The number of amides is 3. The van der Waals surface area contributed by atoms with Gasteiger partial charge in [-0.05, 0) is 43.9 Å². The topological polar surface area (TPSA) is 123 Å². The van der Waals surface area contributed by atoms with E-state index in [1.54, 1.807) is 4.90 Å². The van der Waals surface area contributed by atoms with Crippen molar-refractivity contribution < 1.29 is 23.5 Å². The number of fused-ring (bicyclic) bond motifs is 1. The smallest absolute Gasteiger partial charge is 0.332 e. The molecule has 13 heteroatoms. The Kier molecular flexibility index (Phi) is 8.67. The summed E-state index contributed by atoms with van der Waals surface area (Å²) in [5.74, 6) is -2.01. The maximum atomic E-state index is 14.3. The SMILES string of the molecule is COC(=O)C(C)n1c(=O)c(-c2cccc(F)c2Cl)cn(CC(=O)N2CCC(N3CCc4ccccc4NC3=O)CC2)c1=O. The Labute approximate surface area is 251 Å². The first kappa shape index (κ1) is 30.0. The fourth-order valence-electron chi connectivity index (χ4n) is 5.66. The molecule has 1 N–H and O–H groups in total. The quantitative estimate of drug-likeness (QED) is 0.427. The Morgan fingerprint density at radius 1 is 1.05 bits per heavy atom. The first-order valence-corrected chi connectivity index (χ1v) is 14.3. The lowest BCUT2D eigenvalue weighted by molar-refractivity contribution is -0.144. The summed E-state index contributed by atoms with van der Waals surface area (Å²) in [6, 6.07) is 10.0. The van der Waals surface area contributed by atoms with Crippen LogP contribution in [0.3, 0.4) is 0 Å². The summed E-state index contributed by atoms with van der Waals surface area (Å²) in [4.78, 5) is 68.9. The molecule has 0 saturated carbocycles. The molecule has 11 nitrogen and oxygen atoms in total. The number of esters is 1. The van der Waals surface area contributed by atoms with Gasteiger partial charge in [0.25, 0.3) is 5.56 Å². The van der Waals surface area contributed by atoms with Gasteiger partial charge in [-0.25, -0.2) is 23.3 Å². The van der Waals surface area contributed by atoms with Crippen molar-refractivity contribution in [1.82, 2.24) is 18.9 Å². The van der Waals surface area contributed by atoms with E-state index >= 15 is 0 Å². The van der Waals surface area contributed by atoms with Gasteiger partial charge in [-0.2, -0.15) is 0 Å². The van der Waals surface area contributed by atoms with Crippen LogP contribution < -0.4 is 16.6 Å². The van der Waals surface area contributed by atoms with Crippen molar-refractivity contribution in [1.29, 1.82) is 0 Å². The third-order valence-corrected chi connectivity index (χ3v) is 8.45. The number of likely N-dealkylation sites (tertiary alicyclic amines) is 1. The number of para-hydroxylation sites is 1. The molecule has 0 radical (unpaired) electrons. The van der Waals surface area contributed by atoms with Crippen LogP contribution in [0.25, 0.3) is 11.1 Å². The Bertz CT molecular complexity index is 1700.